The van der Waals surface area contributed by atoms with Gasteiger partial charge in [0.05, 0.1) is 30.9 Å². The minimum Gasteiger partial charge on any atom is -0.372 e. The lowest BCUT2D eigenvalue weighted by Crippen LogP contribution is -2.28. The fourth-order valence-corrected chi connectivity index (χ4v) is 2.98. The summed E-state index contributed by atoms with van der Waals surface area (Å²) >= 11 is 0. The van der Waals surface area contributed by atoms with Crippen molar-refractivity contribution in [2.75, 3.05) is 18.5 Å². The summed E-state index contributed by atoms with van der Waals surface area (Å²) in [5, 5.41) is 6.80. The van der Waals surface area contributed by atoms with Crippen LogP contribution < -0.4 is 10.6 Å². The van der Waals surface area contributed by atoms with Gasteiger partial charge in [0.15, 0.2) is 0 Å². The van der Waals surface area contributed by atoms with Crippen molar-refractivity contribution < 1.29 is 0 Å². The van der Waals surface area contributed by atoms with E-state index in [9.17, 15) is 0 Å². The average molecular weight is 291 g/mol. The minimum atomic E-state index is 0.299. The second-order valence-electron chi connectivity index (χ2n) is 5.33. The van der Waals surface area contributed by atoms with Crippen LogP contribution in [0.15, 0.2) is 61.3 Å². The number of nitrogens with one attached hydrogen (secondary N) is 2. The van der Waals surface area contributed by atoms with Gasteiger partial charge in [-0.15, -0.1) is 0 Å². The number of rotatable bonds is 5. The van der Waals surface area contributed by atoms with E-state index in [0.717, 1.165) is 12.2 Å². The Balaban J connectivity index is 1.43. The van der Waals surface area contributed by atoms with E-state index in [1.54, 1.807) is 12.4 Å². The maximum absolute atomic E-state index is 4.28. The Hall–Kier alpha value is -2.66. The van der Waals surface area contributed by atoms with Crippen molar-refractivity contribution in [2.45, 2.75) is 6.04 Å². The van der Waals surface area contributed by atoms with Gasteiger partial charge in [-0.3, -0.25) is 10.3 Å². The van der Waals surface area contributed by atoms with Gasteiger partial charge in [0, 0.05) is 30.2 Å². The van der Waals surface area contributed by atoms with Crippen molar-refractivity contribution in [3.8, 4) is 11.3 Å². The second kappa shape index (κ2) is 5.61. The molecule has 0 spiro atoms. The summed E-state index contributed by atoms with van der Waals surface area (Å²) in [5.74, 6) is 0. The molecule has 0 fully saturated rings. The van der Waals surface area contributed by atoms with Crippen molar-refractivity contribution >= 4 is 5.69 Å². The number of hydrogen-bond donors (Lipinski definition) is 2. The Kier molecular flexibility index (Phi) is 3.33. The molecule has 1 aliphatic rings. The molecule has 3 heterocycles. The Morgan fingerprint density at radius 2 is 1.91 bits per heavy atom. The van der Waals surface area contributed by atoms with E-state index in [4.69, 9.17) is 0 Å². The first-order valence-corrected chi connectivity index (χ1v) is 7.39. The van der Waals surface area contributed by atoms with E-state index in [2.05, 4.69) is 49.4 Å². The summed E-state index contributed by atoms with van der Waals surface area (Å²) in [6, 6.07) is 12.8. The molecule has 0 aliphatic carbocycles. The summed E-state index contributed by atoms with van der Waals surface area (Å²) < 4.78 is 2.24. The third kappa shape index (κ3) is 2.25. The van der Waals surface area contributed by atoms with Crippen LogP contribution in [0.5, 0.6) is 0 Å². The number of pyridine rings is 1. The summed E-state index contributed by atoms with van der Waals surface area (Å²) in [6.07, 6.45) is 7.42. The molecule has 1 aromatic carbocycles. The first kappa shape index (κ1) is 13.0. The highest BCUT2D eigenvalue weighted by molar-refractivity contribution is 5.69. The van der Waals surface area contributed by atoms with Crippen LogP contribution in [0.25, 0.3) is 11.3 Å². The normalized spacial score (nSPS) is 15.4. The van der Waals surface area contributed by atoms with Gasteiger partial charge in [0.1, 0.15) is 0 Å². The Bertz CT molecular complexity index is 765. The van der Waals surface area contributed by atoms with Gasteiger partial charge in [-0.2, -0.15) is 0 Å². The van der Waals surface area contributed by atoms with E-state index in [1.165, 1.54) is 16.8 Å². The predicted molar refractivity (Wildman–Crippen MR) is 86.5 cm³/mol. The van der Waals surface area contributed by atoms with Crippen LogP contribution >= 0.6 is 0 Å². The largest absolute Gasteiger partial charge is 0.372 e. The SMILES string of the molecule is c1ccc2c(c1)-c1cncn1C2CNCNc1ccncc1. The molecule has 5 heteroatoms. The molecule has 2 aromatic heterocycles. The fourth-order valence-electron chi connectivity index (χ4n) is 2.98. The molecular weight excluding hydrogens is 274 g/mol. The van der Waals surface area contributed by atoms with E-state index < -0.39 is 0 Å². The number of imidazole rings is 1. The highest BCUT2D eigenvalue weighted by Crippen LogP contribution is 2.38. The third-order valence-electron chi connectivity index (χ3n) is 4.03. The Morgan fingerprint density at radius 1 is 1.05 bits per heavy atom. The first-order chi connectivity index (χ1) is 10.9. The van der Waals surface area contributed by atoms with Crippen molar-refractivity contribution in [1.82, 2.24) is 19.9 Å². The van der Waals surface area contributed by atoms with E-state index in [0.29, 0.717) is 12.7 Å². The van der Waals surface area contributed by atoms with Crippen LogP contribution in [0, 0.1) is 0 Å². The predicted octanol–water partition coefficient (Wildman–Crippen LogP) is 2.51. The highest BCUT2D eigenvalue weighted by atomic mass is 15.1. The molecule has 1 atom stereocenters. The lowest BCUT2D eigenvalue weighted by Gasteiger charge is -2.16. The maximum Gasteiger partial charge on any atom is 0.0957 e. The Morgan fingerprint density at radius 3 is 2.82 bits per heavy atom. The molecule has 0 saturated heterocycles. The second-order valence-corrected chi connectivity index (χ2v) is 5.33. The molecular formula is C17H17N5. The van der Waals surface area contributed by atoms with Crippen LogP contribution in [-0.4, -0.2) is 27.7 Å². The number of anilines is 1. The van der Waals surface area contributed by atoms with Crippen LogP contribution in [0.3, 0.4) is 0 Å². The zero-order valence-electron chi connectivity index (χ0n) is 12.1. The maximum atomic E-state index is 4.28. The molecule has 1 aliphatic heterocycles. The zero-order chi connectivity index (χ0) is 14.8. The summed E-state index contributed by atoms with van der Waals surface area (Å²) in [4.78, 5) is 8.29. The molecule has 2 N–H and O–H groups in total. The number of aromatic nitrogens is 3. The lowest BCUT2D eigenvalue weighted by atomic mass is 10.0. The van der Waals surface area contributed by atoms with E-state index >= 15 is 0 Å². The van der Waals surface area contributed by atoms with Crippen molar-refractivity contribution in [3.63, 3.8) is 0 Å². The molecule has 4 rings (SSSR count). The fraction of sp³-hybridized carbons (Fsp3) is 0.176. The molecule has 3 aromatic rings. The molecule has 0 radical (unpaired) electrons. The van der Waals surface area contributed by atoms with Gasteiger partial charge in [-0.25, -0.2) is 4.98 Å². The van der Waals surface area contributed by atoms with E-state index in [1.807, 2.05) is 24.7 Å². The molecule has 0 bridgehead atoms. The lowest BCUT2D eigenvalue weighted by molar-refractivity contribution is 0.552. The van der Waals surface area contributed by atoms with Gasteiger partial charge >= 0.3 is 0 Å². The van der Waals surface area contributed by atoms with Gasteiger partial charge < -0.3 is 9.88 Å². The molecule has 1 unspecified atom stereocenters. The summed E-state index contributed by atoms with van der Waals surface area (Å²) in [5.41, 5.74) is 4.91. The van der Waals surface area contributed by atoms with Gasteiger partial charge in [0.25, 0.3) is 0 Å². The van der Waals surface area contributed by atoms with Crippen LogP contribution in [0.2, 0.25) is 0 Å². The first-order valence-electron chi connectivity index (χ1n) is 7.39. The van der Waals surface area contributed by atoms with Crippen LogP contribution in [-0.2, 0) is 0 Å². The number of benzene rings is 1. The monoisotopic (exact) mass is 291 g/mol. The van der Waals surface area contributed by atoms with E-state index in [-0.39, 0.29) is 0 Å². The minimum absolute atomic E-state index is 0.299. The van der Waals surface area contributed by atoms with Gasteiger partial charge in [-0.05, 0) is 17.7 Å². The highest BCUT2D eigenvalue weighted by Gasteiger charge is 2.27. The number of fused-ring (bicyclic) bond motifs is 3. The molecule has 0 amide bonds. The van der Waals surface area contributed by atoms with Crippen molar-refractivity contribution in [3.05, 3.63) is 66.9 Å². The topological polar surface area (TPSA) is 54.8 Å². The number of nitrogens with zero attached hydrogens (tertiary/aromatic N) is 3. The van der Waals surface area contributed by atoms with Crippen molar-refractivity contribution in [2.24, 2.45) is 0 Å². The smallest absolute Gasteiger partial charge is 0.0957 e. The molecule has 22 heavy (non-hydrogen) atoms. The number of hydrogen-bond acceptors (Lipinski definition) is 4. The molecule has 5 nitrogen and oxygen atoms in total. The molecule has 0 saturated carbocycles. The van der Waals surface area contributed by atoms with Crippen LogP contribution in [0.4, 0.5) is 5.69 Å². The zero-order valence-corrected chi connectivity index (χ0v) is 12.1. The third-order valence-corrected chi connectivity index (χ3v) is 4.03. The summed E-state index contributed by atoms with van der Waals surface area (Å²) in [6.45, 7) is 1.57. The molecule has 110 valence electrons. The standard InChI is InChI=1S/C17H17N5/c1-2-4-15-14(3-1)16(22-12-20-10-17(15)22)9-19-11-21-13-5-7-18-8-6-13/h1-8,10,12,16,19H,9,11H2,(H,18,21). The van der Waals surface area contributed by atoms with Crippen LogP contribution in [0.1, 0.15) is 11.6 Å². The van der Waals surface area contributed by atoms with Gasteiger partial charge in [-0.1, -0.05) is 24.3 Å². The quantitative estimate of drug-likeness (QED) is 0.560. The average Bonchev–Trinajstić information content (AvgIpc) is 3.15. The Labute approximate surface area is 129 Å². The van der Waals surface area contributed by atoms with Crippen molar-refractivity contribution in [1.29, 1.82) is 0 Å². The summed E-state index contributed by atoms with van der Waals surface area (Å²) in [7, 11) is 0. The van der Waals surface area contributed by atoms with Gasteiger partial charge in [0.2, 0.25) is 0 Å².